The number of rotatable bonds is 4. The number of nitrogens with two attached hydrogens (primary N) is 1. The van der Waals surface area contributed by atoms with Crippen molar-refractivity contribution in [1.82, 2.24) is 15.5 Å². The van der Waals surface area contributed by atoms with Crippen LogP contribution in [0.15, 0.2) is 18.2 Å². The van der Waals surface area contributed by atoms with E-state index in [9.17, 15) is 14.4 Å². The van der Waals surface area contributed by atoms with Crippen LogP contribution in [0, 0.1) is 0 Å². The van der Waals surface area contributed by atoms with Crippen molar-refractivity contribution >= 4 is 17.7 Å². The molecule has 0 spiro atoms. The van der Waals surface area contributed by atoms with Crippen molar-refractivity contribution in [3.8, 4) is 0 Å². The molecule has 0 aromatic heterocycles. The van der Waals surface area contributed by atoms with E-state index in [1.54, 1.807) is 11.0 Å². The highest BCUT2D eigenvalue weighted by atomic mass is 16.2. The lowest BCUT2D eigenvalue weighted by Crippen LogP contribution is -2.52. The lowest BCUT2D eigenvalue weighted by Gasteiger charge is -2.29. The Morgan fingerprint density at radius 3 is 2.79 bits per heavy atom. The normalized spacial score (nSPS) is 28.8. The average molecular weight is 328 g/mol. The summed E-state index contributed by atoms with van der Waals surface area (Å²) in [6, 6.07) is 5.68. The maximum Gasteiger partial charge on any atom is 0.255 e. The van der Waals surface area contributed by atoms with E-state index in [0.717, 1.165) is 17.5 Å². The predicted molar refractivity (Wildman–Crippen MR) is 85.7 cm³/mol. The summed E-state index contributed by atoms with van der Waals surface area (Å²) in [6.07, 6.45) is 1.63. The van der Waals surface area contributed by atoms with E-state index in [0.29, 0.717) is 31.1 Å². The molecule has 2 fully saturated rings. The molecule has 3 amide bonds. The Morgan fingerprint density at radius 2 is 2.08 bits per heavy atom. The van der Waals surface area contributed by atoms with E-state index in [4.69, 9.17) is 5.73 Å². The van der Waals surface area contributed by atoms with Crippen molar-refractivity contribution in [3.63, 3.8) is 0 Å². The first-order chi connectivity index (χ1) is 11.5. The van der Waals surface area contributed by atoms with Crippen LogP contribution in [0.2, 0.25) is 0 Å². The van der Waals surface area contributed by atoms with Crippen LogP contribution in [0.3, 0.4) is 0 Å². The Bertz CT molecular complexity index is 733. The highest BCUT2D eigenvalue weighted by molar-refractivity contribution is 6.05. The number of carbonyl (C=O) groups excluding carboxylic acids is 3. The highest BCUT2D eigenvalue weighted by Gasteiger charge is 2.40. The Morgan fingerprint density at radius 1 is 1.29 bits per heavy atom. The van der Waals surface area contributed by atoms with Crippen molar-refractivity contribution in [2.45, 2.75) is 50.5 Å². The van der Waals surface area contributed by atoms with Gasteiger partial charge in [-0.3, -0.25) is 19.7 Å². The summed E-state index contributed by atoms with van der Waals surface area (Å²) in [4.78, 5) is 37.7. The van der Waals surface area contributed by atoms with Crippen LogP contribution in [-0.4, -0.2) is 40.7 Å². The third kappa shape index (κ3) is 2.59. The third-order valence-corrected chi connectivity index (χ3v) is 5.07. The zero-order chi connectivity index (χ0) is 16.8. The monoisotopic (exact) mass is 328 g/mol. The SMILES string of the molecule is NC1CC1NCc1cccc2c1CN(C1CCC(=O)NC1=O)C2=O. The molecular formula is C17H20N4O3. The van der Waals surface area contributed by atoms with Gasteiger partial charge in [0.2, 0.25) is 11.8 Å². The van der Waals surface area contributed by atoms with Crippen LogP contribution in [0.1, 0.15) is 40.7 Å². The molecule has 0 radical (unpaired) electrons. The molecule has 126 valence electrons. The van der Waals surface area contributed by atoms with Gasteiger partial charge in [-0.05, 0) is 30.0 Å². The second-order valence-electron chi connectivity index (χ2n) is 6.73. The van der Waals surface area contributed by atoms with Gasteiger partial charge in [0.15, 0.2) is 0 Å². The van der Waals surface area contributed by atoms with Gasteiger partial charge in [0.1, 0.15) is 6.04 Å². The predicted octanol–water partition coefficient (Wildman–Crippen LogP) is -0.363. The fraction of sp³-hybridized carbons (Fsp3) is 0.471. The molecule has 7 nitrogen and oxygen atoms in total. The number of imide groups is 1. The van der Waals surface area contributed by atoms with Crippen molar-refractivity contribution in [3.05, 3.63) is 34.9 Å². The topological polar surface area (TPSA) is 105 Å². The van der Waals surface area contributed by atoms with Gasteiger partial charge in [-0.1, -0.05) is 12.1 Å². The molecule has 4 rings (SSSR count). The number of piperidine rings is 1. The summed E-state index contributed by atoms with van der Waals surface area (Å²) in [6.45, 7) is 1.08. The summed E-state index contributed by atoms with van der Waals surface area (Å²) < 4.78 is 0. The second kappa shape index (κ2) is 5.68. The van der Waals surface area contributed by atoms with Gasteiger partial charge in [-0.15, -0.1) is 0 Å². The lowest BCUT2D eigenvalue weighted by molar-refractivity contribution is -0.136. The van der Waals surface area contributed by atoms with E-state index >= 15 is 0 Å². The van der Waals surface area contributed by atoms with Gasteiger partial charge >= 0.3 is 0 Å². The maximum absolute atomic E-state index is 12.7. The molecule has 0 bridgehead atoms. The highest BCUT2D eigenvalue weighted by Crippen LogP contribution is 2.30. The maximum atomic E-state index is 12.7. The van der Waals surface area contributed by atoms with Gasteiger partial charge in [-0.25, -0.2) is 0 Å². The summed E-state index contributed by atoms with van der Waals surface area (Å²) >= 11 is 0. The number of hydrogen-bond acceptors (Lipinski definition) is 5. The minimum absolute atomic E-state index is 0.135. The van der Waals surface area contributed by atoms with Crippen LogP contribution in [-0.2, 0) is 22.7 Å². The minimum atomic E-state index is -0.569. The molecule has 2 heterocycles. The quantitative estimate of drug-likeness (QED) is 0.655. The number of carbonyl (C=O) groups is 3. The third-order valence-electron chi connectivity index (χ3n) is 5.07. The van der Waals surface area contributed by atoms with Crippen LogP contribution in [0.5, 0.6) is 0 Å². The molecule has 2 aliphatic heterocycles. The Kier molecular flexibility index (Phi) is 3.62. The zero-order valence-electron chi connectivity index (χ0n) is 13.2. The van der Waals surface area contributed by atoms with Gasteiger partial charge < -0.3 is 16.0 Å². The molecule has 1 aromatic carbocycles. The molecule has 4 N–H and O–H groups in total. The molecule has 3 aliphatic rings. The summed E-state index contributed by atoms with van der Waals surface area (Å²) in [5.74, 6) is -0.786. The lowest BCUT2D eigenvalue weighted by atomic mass is 10.0. The molecular weight excluding hydrogens is 308 g/mol. The van der Waals surface area contributed by atoms with E-state index < -0.39 is 6.04 Å². The van der Waals surface area contributed by atoms with E-state index in [1.807, 2.05) is 12.1 Å². The number of hydrogen-bond donors (Lipinski definition) is 3. The van der Waals surface area contributed by atoms with E-state index in [-0.39, 0.29) is 30.2 Å². The first-order valence-corrected chi connectivity index (χ1v) is 8.29. The Hall–Kier alpha value is -2.25. The van der Waals surface area contributed by atoms with Crippen LogP contribution < -0.4 is 16.4 Å². The van der Waals surface area contributed by atoms with Crippen molar-refractivity contribution < 1.29 is 14.4 Å². The van der Waals surface area contributed by atoms with Crippen LogP contribution in [0.4, 0.5) is 0 Å². The van der Waals surface area contributed by atoms with Gasteiger partial charge in [0.05, 0.1) is 0 Å². The molecule has 1 aromatic rings. The van der Waals surface area contributed by atoms with Gasteiger partial charge in [-0.2, -0.15) is 0 Å². The number of nitrogens with one attached hydrogen (secondary N) is 2. The second-order valence-corrected chi connectivity index (χ2v) is 6.73. The molecule has 3 atom stereocenters. The standard InChI is InChI=1S/C17H20N4O3/c18-12-6-13(12)19-7-9-2-1-3-10-11(9)8-21(17(10)24)14-4-5-15(22)20-16(14)23/h1-3,12-14,19H,4-8,18H2,(H,20,22,23). The van der Waals surface area contributed by atoms with E-state index in [2.05, 4.69) is 10.6 Å². The number of benzene rings is 1. The summed E-state index contributed by atoms with van der Waals surface area (Å²) in [7, 11) is 0. The number of nitrogens with zero attached hydrogens (tertiary/aromatic N) is 1. The first-order valence-electron chi connectivity index (χ1n) is 8.29. The first kappa shape index (κ1) is 15.3. The van der Waals surface area contributed by atoms with Crippen LogP contribution >= 0.6 is 0 Å². The molecule has 1 saturated heterocycles. The Balaban J connectivity index is 1.53. The number of amides is 3. The average Bonchev–Trinajstić information content (AvgIpc) is 3.16. The molecule has 1 aliphatic carbocycles. The minimum Gasteiger partial charge on any atom is -0.326 e. The van der Waals surface area contributed by atoms with Crippen molar-refractivity contribution in [2.75, 3.05) is 0 Å². The Labute approximate surface area is 139 Å². The van der Waals surface area contributed by atoms with Crippen LogP contribution in [0.25, 0.3) is 0 Å². The molecule has 24 heavy (non-hydrogen) atoms. The van der Waals surface area contributed by atoms with Crippen molar-refractivity contribution in [2.24, 2.45) is 5.73 Å². The van der Waals surface area contributed by atoms with Crippen molar-refractivity contribution in [1.29, 1.82) is 0 Å². The van der Waals surface area contributed by atoms with Gasteiger partial charge in [0.25, 0.3) is 5.91 Å². The number of fused-ring (bicyclic) bond motifs is 1. The molecule has 1 saturated carbocycles. The summed E-state index contributed by atoms with van der Waals surface area (Å²) in [5.41, 5.74) is 8.50. The molecule has 7 heteroatoms. The fourth-order valence-corrected chi connectivity index (χ4v) is 3.51. The zero-order valence-corrected chi connectivity index (χ0v) is 13.2. The van der Waals surface area contributed by atoms with E-state index in [1.165, 1.54) is 0 Å². The smallest absolute Gasteiger partial charge is 0.255 e. The fourth-order valence-electron chi connectivity index (χ4n) is 3.51. The van der Waals surface area contributed by atoms with Gasteiger partial charge in [0, 0.05) is 37.2 Å². The largest absolute Gasteiger partial charge is 0.326 e. The summed E-state index contributed by atoms with van der Waals surface area (Å²) in [5, 5.41) is 5.72. The molecule has 3 unspecified atom stereocenters.